The third-order valence-corrected chi connectivity index (χ3v) is 7.32. The summed E-state index contributed by atoms with van der Waals surface area (Å²) in [4.78, 5) is 13.8. The van der Waals surface area contributed by atoms with Gasteiger partial charge in [0, 0.05) is 21.3 Å². The van der Waals surface area contributed by atoms with E-state index in [1.165, 1.54) is 22.2 Å². The van der Waals surface area contributed by atoms with E-state index in [0.717, 1.165) is 17.1 Å². The lowest BCUT2D eigenvalue weighted by molar-refractivity contribution is -0.113. The summed E-state index contributed by atoms with van der Waals surface area (Å²) in [5.74, 6) is 1.59. The Hall–Kier alpha value is -2.74. The van der Waals surface area contributed by atoms with Crippen molar-refractivity contribution in [2.45, 2.75) is 29.7 Å². The van der Waals surface area contributed by atoms with Crippen molar-refractivity contribution < 1.29 is 4.79 Å². The summed E-state index contributed by atoms with van der Waals surface area (Å²) in [5.41, 5.74) is 3.76. The van der Waals surface area contributed by atoms with Gasteiger partial charge in [0.1, 0.15) is 5.82 Å². The molecule has 0 aliphatic heterocycles. The molecule has 1 aromatic heterocycles. The van der Waals surface area contributed by atoms with E-state index in [-0.39, 0.29) is 11.7 Å². The van der Waals surface area contributed by atoms with Crippen LogP contribution < -0.4 is 5.32 Å². The predicted molar refractivity (Wildman–Crippen MR) is 138 cm³/mol. The van der Waals surface area contributed by atoms with Gasteiger partial charge in [-0.25, -0.2) is 0 Å². The van der Waals surface area contributed by atoms with Crippen molar-refractivity contribution in [2.24, 2.45) is 0 Å². The normalized spacial score (nSPS) is 10.9. The molecule has 1 N–H and O–H groups in total. The number of aryl methyl sites for hydroxylation is 1. The van der Waals surface area contributed by atoms with Gasteiger partial charge < -0.3 is 5.32 Å². The highest BCUT2D eigenvalue weighted by molar-refractivity contribution is 7.99. The van der Waals surface area contributed by atoms with Crippen LogP contribution in [-0.2, 0) is 10.5 Å². The molecule has 0 aliphatic carbocycles. The number of halogens is 1. The molecule has 168 valence electrons. The molecule has 4 rings (SSSR count). The summed E-state index contributed by atoms with van der Waals surface area (Å²) in [6.07, 6.45) is 0. The molecule has 0 unspecified atom stereocenters. The summed E-state index contributed by atoms with van der Waals surface area (Å²) in [5, 5.41) is 13.1. The molecule has 5 nitrogen and oxygen atoms in total. The largest absolute Gasteiger partial charge is 0.325 e. The number of carbonyl (C=O) groups is 1. The molecule has 0 bridgehead atoms. The molecule has 0 saturated carbocycles. The van der Waals surface area contributed by atoms with E-state index < -0.39 is 0 Å². The molecule has 4 aromatic rings. The van der Waals surface area contributed by atoms with E-state index in [4.69, 9.17) is 11.6 Å². The van der Waals surface area contributed by atoms with Crippen molar-refractivity contribution in [3.8, 4) is 5.69 Å². The highest BCUT2D eigenvalue weighted by Gasteiger charge is 2.16. The Balaban J connectivity index is 1.49. The van der Waals surface area contributed by atoms with Crippen LogP contribution in [0.5, 0.6) is 0 Å². The van der Waals surface area contributed by atoms with Gasteiger partial charge in [0.25, 0.3) is 0 Å². The van der Waals surface area contributed by atoms with Crippen LogP contribution >= 0.6 is 35.1 Å². The molecule has 0 radical (unpaired) electrons. The van der Waals surface area contributed by atoms with Gasteiger partial charge in [0.2, 0.25) is 5.91 Å². The maximum Gasteiger partial charge on any atom is 0.234 e. The monoisotopic (exact) mass is 494 g/mol. The fourth-order valence-electron chi connectivity index (χ4n) is 3.17. The van der Waals surface area contributed by atoms with Crippen LogP contribution in [0.1, 0.15) is 17.0 Å². The number of thioether (sulfide) groups is 2. The number of amides is 1. The Morgan fingerprint density at radius 1 is 0.939 bits per heavy atom. The molecule has 0 fully saturated rings. The van der Waals surface area contributed by atoms with Gasteiger partial charge in [-0.15, -0.1) is 22.0 Å². The molecule has 1 heterocycles. The Labute approximate surface area is 207 Å². The topological polar surface area (TPSA) is 59.8 Å². The van der Waals surface area contributed by atoms with Gasteiger partial charge in [-0.3, -0.25) is 9.36 Å². The number of nitrogens with zero attached hydrogens (tertiary/aromatic N) is 3. The smallest absolute Gasteiger partial charge is 0.234 e. The quantitative estimate of drug-likeness (QED) is 0.281. The summed E-state index contributed by atoms with van der Waals surface area (Å²) in [6.45, 7) is 3.96. The van der Waals surface area contributed by atoms with E-state index in [1.807, 2.05) is 54.0 Å². The van der Waals surface area contributed by atoms with Crippen molar-refractivity contribution in [1.82, 2.24) is 14.8 Å². The maximum absolute atomic E-state index is 12.6. The van der Waals surface area contributed by atoms with Crippen molar-refractivity contribution >= 4 is 46.7 Å². The van der Waals surface area contributed by atoms with Gasteiger partial charge in [0.15, 0.2) is 5.16 Å². The molecule has 0 aliphatic rings. The fraction of sp³-hybridized carbons (Fsp3) is 0.160. The highest BCUT2D eigenvalue weighted by atomic mass is 35.5. The van der Waals surface area contributed by atoms with E-state index in [2.05, 4.69) is 46.7 Å². The van der Waals surface area contributed by atoms with Crippen LogP contribution in [0, 0.1) is 13.8 Å². The number of hydrogen-bond donors (Lipinski definition) is 1. The lowest BCUT2D eigenvalue weighted by Gasteiger charge is -2.11. The Bertz CT molecular complexity index is 1240. The molecule has 0 saturated heterocycles. The van der Waals surface area contributed by atoms with Crippen molar-refractivity contribution in [1.29, 1.82) is 0 Å². The van der Waals surface area contributed by atoms with Gasteiger partial charge >= 0.3 is 0 Å². The second-order valence-electron chi connectivity index (χ2n) is 7.42. The predicted octanol–water partition coefficient (Wildman–Crippen LogP) is 6.56. The number of para-hydroxylation sites is 1. The standard InChI is InChI=1S/C25H23ClN4OS2/c1-17-11-13-20(14-12-17)32-15-23-28-29-25(30(23)19-7-4-3-5-8-19)33-16-24(31)27-22-10-6-9-21(26)18(22)2/h3-14H,15-16H2,1-2H3,(H,27,31). The number of nitrogens with one attached hydrogen (secondary N) is 1. The number of aromatic nitrogens is 3. The zero-order valence-electron chi connectivity index (χ0n) is 18.3. The van der Waals surface area contributed by atoms with Crippen molar-refractivity contribution in [3.63, 3.8) is 0 Å². The van der Waals surface area contributed by atoms with Crippen LogP contribution in [0.2, 0.25) is 5.02 Å². The highest BCUT2D eigenvalue weighted by Crippen LogP contribution is 2.28. The summed E-state index contributed by atoms with van der Waals surface area (Å²) < 4.78 is 2.02. The number of benzene rings is 3. The van der Waals surface area contributed by atoms with E-state index in [9.17, 15) is 4.79 Å². The van der Waals surface area contributed by atoms with Crippen LogP contribution in [0.25, 0.3) is 5.69 Å². The lowest BCUT2D eigenvalue weighted by Crippen LogP contribution is -2.15. The molecule has 0 atom stereocenters. The molecular formula is C25H23ClN4OS2. The van der Waals surface area contributed by atoms with E-state index in [0.29, 0.717) is 21.6 Å². The van der Waals surface area contributed by atoms with Gasteiger partial charge in [-0.2, -0.15) is 0 Å². The third-order valence-electron chi connectivity index (χ3n) is 4.98. The fourth-order valence-corrected chi connectivity index (χ4v) is 4.92. The minimum atomic E-state index is -0.122. The average Bonchev–Trinajstić information content (AvgIpc) is 3.24. The van der Waals surface area contributed by atoms with Crippen LogP contribution in [0.15, 0.2) is 82.8 Å². The first kappa shape index (κ1) is 23.4. The number of anilines is 1. The third kappa shape index (κ3) is 5.99. The molecule has 8 heteroatoms. The zero-order chi connectivity index (χ0) is 23.2. The average molecular weight is 495 g/mol. The molecule has 33 heavy (non-hydrogen) atoms. The Kier molecular flexibility index (Phi) is 7.75. The van der Waals surface area contributed by atoms with Crippen LogP contribution in [-0.4, -0.2) is 26.4 Å². The van der Waals surface area contributed by atoms with E-state index >= 15 is 0 Å². The first-order valence-corrected chi connectivity index (χ1v) is 12.7. The second kappa shape index (κ2) is 10.9. The summed E-state index contributed by atoms with van der Waals surface area (Å²) in [7, 11) is 0. The second-order valence-corrected chi connectivity index (χ2v) is 9.82. The van der Waals surface area contributed by atoms with Crippen molar-refractivity contribution in [3.05, 3.63) is 94.8 Å². The Morgan fingerprint density at radius 2 is 1.70 bits per heavy atom. The summed E-state index contributed by atoms with van der Waals surface area (Å²) in [6, 6.07) is 23.9. The maximum atomic E-state index is 12.6. The number of rotatable bonds is 8. The molecule has 1 amide bonds. The Morgan fingerprint density at radius 3 is 2.45 bits per heavy atom. The molecule has 0 spiro atoms. The number of hydrogen-bond acceptors (Lipinski definition) is 5. The number of carbonyl (C=O) groups excluding carboxylic acids is 1. The van der Waals surface area contributed by atoms with Gasteiger partial charge in [-0.05, 0) is 55.8 Å². The first-order valence-electron chi connectivity index (χ1n) is 10.4. The van der Waals surface area contributed by atoms with Gasteiger partial charge in [-0.1, -0.05) is 65.3 Å². The van der Waals surface area contributed by atoms with Crippen LogP contribution in [0.4, 0.5) is 5.69 Å². The first-order chi connectivity index (χ1) is 16.0. The van der Waals surface area contributed by atoms with E-state index in [1.54, 1.807) is 17.8 Å². The minimum absolute atomic E-state index is 0.122. The zero-order valence-corrected chi connectivity index (χ0v) is 20.7. The molecular weight excluding hydrogens is 472 g/mol. The minimum Gasteiger partial charge on any atom is -0.325 e. The lowest BCUT2D eigenvalue weighted by atomic mass is 10.2. The van der Waals surface area contributed by atoms with Crippen molar-refractivity contribution in [2.75, 3.05) is 11.1 Å². The van der Waals surface area contributed by atoms with Gasteiger partial charge in [0.05, 0.1) is 11.5 Å². The summed E-state index contributed by atoms with van der Waals surface area (Å²) >= 11 is 9.23. The molecule has 3 aromatic carbocycles. The van der Waals surface area contributed by atoms with Crippen LogP contribution in [0.3, 0.4) is 0 Å². The SMILES string of the molecule is Cc1ccc(SCc2nnc(SCC(=O)Nc3cccc(Cl)c3C)n2-c2ccccc2)cc1.